The van der Waals surface area contributed by atoms with Gasteiger partial charge in [0.05, 0.1) is 17.3 Å². The van der Waals surface area contributed by atoms with Crippen molar-refractivity contribution in [2.75, 3.05) is 31.5 Å². The Bertz CT molecular complexity index is 1380. The molecular formula is C24H26FN9O. The summed E-state index contributed by atoms with van der Waals surface area (Å²) in [5, 5.41) is 6.21. The van der Waals surface area contributed by atoms with Gasteiger partial charge in [-0.15, -0.1) is 0 Å². The molecule has 4 aromatic rings. The highest BCUT2D eigenvalue weighted by Crippen LogP contribution is 2.27. The molecular weight excluding hydrogens is 449 g/mol. The molecule has 11 heteroatoms. The number of hydrogen-bond acceptors (Lipinski definition) is 8. The summed E-state index contributed by atoms with van der Waals surface area (Å²) >= 11 is 0. The van der Waals surface area contributed by atoms with Gasteiger partial charge in [0.15, 0.2) is 11.5 Å². The summed E-state index contributed by atoms with van der Waals surface area (Å²) in [6, 6.07) is 5.40. The normalized spacial score (nSPS) is 14.0. The average molecular weight is 476 g/mol. The molecule has 0 saturated carbocycles. The Morgan fingerprint density at radius 3 is 2.60 bits per heavy atom. The molecule has 0 aromatic carbocycles. The van der Waals surface area contributed by atoms with Gasteiger partial charge in [0.2, 0.25) is 5.95 Å². The molecule has 5 rings (SSSR count). The van der Waals surface area contributed by atoms with Crippen molar-refractivity contribution >= 4 is 28.8 Å². The first-order valence-corrected chi connectivity index (χ1v) is 11.5. The lowest BCUT2D eigenvalue weighted by Gasteiger charge is -2.27. The SMILES string of the molecule is Cc1nc2ncc(-c3nc(Nc4ccc(C(=O)N5CCNCC5)cn4)ncc3F)cc2n1C(C)C. The highest BCUT2D eigenvalue weighted by atomic mass is 19.1. The van der Waals surface area contributed by atoms with Crippen molar-refractivity contribution in [2.45, 2.75) is 26.8 Å². The summed E-state index contributed by atoms with van der Waals surface area (Å²) in [6.07, 6.45) is 4.19. The van der Waals surface area contributed by atoms with Crippen LogP contribution in [-0.2, 0) is 0 Å². The van der Waals surface area contributed by atoms with Gasteiger partial charge >= 0.3 is 0 Å². The predicted octanol–water partition coefficient (Wildman–Crippen LogP) is 3.10. The predicted molar refractivity (Wildman–Crippen MR) is 130 cm³/mol. The zero-order chi connectivity index (χ0) is 24.5. The van der Waals surface area contributed by atoms with Crippen molar-refractivity contribution < 1.29 is 9.18 Å². The summed E-state index contributed by atoms with van der Waals surface area (Å²) in [4.78, 5) is 36.1. The van der Waals surface area contributed by atoms with Gasteiger partial charge in [-0.25, -0.2) is 29.3 Å². The van der Waals surface area contributed by atoms with E-state index in [1.54, 1.807) is 23.2 Å². The quantitative estimate of drug-likeness (QED) is 0.453. The lowest BCUT2D eigenvalue weighted by Crippen LogP contribution is -2.46. The number of carbonyl (C=O) groups excluding carboxylic acids is 1. The molecule has 35 heavy (non-hydrogen) atoms. The Labute approximate surface area is 201 Å². The van der Waals surface area contributed by atoms with E-state index in [9.17, 15) is 9.18 Å². The highest BCUT2D eigenvalue weighted by molar-refractivity contribution is 5.94. The maximum absolute atomic E-state index is 14.7. The van der Waals surface area contributed by atoms with Crippen LogP contribution in [0, 0.1) is 12.7 Å². The zero-order valence-corrected chi connectivity index (χ0v) is 19.8. The second-order valence-electron chi connectivity index (χ2n) is 8.68. The standard InChI is InChI=1S/C24H26FN9O/c1-14(2)34-15(3)30-22-19(34)10-17(12-28-22)21-18(25)13-29-24(32-21)31-20-5-4-16(11-27-20)23(35)33-8-6-26-7-9-33/h4-5,10-14,26H,6-9H2,1-3H3,(H,27,29,31,32). The number of rotatable bonds is 5. The van der Waals surface area contributed by atoms with Crippen molar-refractivity contribution in [3.8, 4) is 11.3 Å². The van der Waals surface area contributed by atoms with Crippen molar-refractivity contribution in [1.82, 2.24) is 39.7 Å². The maximum Gasteiger partial charge on any atom is 0.255 e. The van der Waals surface area contributed by atoms with E-state index in [0.717, 1.165) is 30.6 Å². The van der Waals surface area contributed by atoms with E-state index in [-0.39, 0.29) is 23.6 Å². The summed E-state index contributed by atoms with van der Waals surface area (Å²) in [6.45, 7) is 8.94. The van der Waals surface area contributed by atoms with Gasteiger partial charge in [-0.2, -0.15) is 0 Å². The zero-order valence-electron chi connectivity index (χ0n) is 19.8. The minimum Gasteiger partial charge on any atom is -0.336 e. The lowest BCUT2D eigenvalue weighted by atomic mass is 10.2. The van der Waals surface area contributed by atoms with Crippen LogP contribution in [0.25, 0.3) is 22.4 Å². The number of piperazine rings is 1. The number of nitrogens with one attached hydrogen (secondary N) is 2. The first-order valence-electron chi connectivity index (χ1n) is 11.5. The number of pyridine rings is 2. The van der Waals surface area contributed by atoms with E-state index in [2.05, 4.69) is 54.0 Å². The molecule has 1 saturated heterocycles. The number of halogens is 1. The van der Waals surface area contributed by atoms with Gasteiger partial charge in [-0.1, -0.05) is 0 Å². The van der Waals surface area contributed by atoms with E-state index in [1.807, 2.05) is 13.0 Å². The number of nitrogens with zero attached hydrogens (tertiary/aromatic N) is 7. The lowest BCUT2D eigenvalue weighted by molar-refractivity contribution is 0.0735. The monoisotopic (exact) mass is 475 g/mol. The smallest absolute Gasteiger partial charge is 0.255 e. The van der Waals surface area contributed by atoms with Gasteiger partial charge in [0.1, 0.15) is 17.3 Å². The molecule has 0 radical (unpaired) electrons. The maximum atomic E-state index is 14.7. The van der Waals surface area contributed by atoms with Crippen molar-refractivity contribution in [3.05, 3.63) is 54.0 Å². The molecule has 0 spiro atoms. The number of anilines is 2. The number of imidazole rings is 1. The minimum atomic E-state index is -0.561. The number of fused-ring (bicyclic) bond motifs is 1. The van der Waals surface area contributed by atoms with Crippen LogP contribution in [0.5, 0.6) is 0 Å². The van der Waals surface area contributed by atoms with Crippen molar-refractivity contribution in [1.29, 1.82) is 0 Å². The summed E-state index contributed by atoms with van der Waals surface area (Å²) < 4.78 is 16.8. The first-order chi connectivity index (χ1) is 16.9. The molecule has 180 valence electrons. The van der Waals surface area contributed by atoms with Crippen molar-refractivity contribution in [3.63, 3.8) is 0 Å². The number of carbonyl (C=O) groups is 1. The highest BCUT2D eigenvalue weighted by Gasteiger charge is 2.19. The summed E-state index contributed by atoms with van der Waals surface area (Å²) in [7, 11) is 0. The second kappa shape index (κ2) is 9.34. The third-order valence-electron chi connectivity index (χ3n) is 5.91. The van der Waals surface area contributed by atoms with Gasteiger partial charge in [0.25, 0.3) is 5.91 Å². The van der Waals surface area contributed by atoms with Crippen LogP contribution >= 0.6 is 0 Å². The van der Waals surface area contributed by atoms with Gasteiger partial charge in [-0.3, -0.25) is 4.79 Å². The van der Waals surface area contributed by atoms with E-state index < -0.39 is 5.82 Å². The minimum absolute atomic E-state index is 0.0513. The number of aromatic nitrogens is 6. The second-order valence-corrected chi connectivity index (χ2v) is 8.68. The van der Waals surface area contributed by atoms with Crippen LogP contribution in [0.3, 0.4) is 0 Å². The molecule has 1 aliphatic rings. The molecule has 0 atom stereocenters. The number of aryl methyl sites for hydroxylation is 1. The van der Waals surface area contributed by atoms with Crippen LogP contribution in [-0.4, -0.2) is 66.5 Å². The molecule has 4 aromatic heterocycles. The molecule has 10 nitrogen and oxygen atoms in total. The fourth-order valence-corrected chi connectivity index (χ4v) is 4.26. The fraction of sp³-hybridized carbons (Fsp3) is 0.333. The number of hydrogen-bond donors (Lipinski definition) is 2. The van der Waals surface area contributed by atoms with Gasteiger partial charge in [0, 0.05) is 50.2 Å². The Hall–Kier alpha value is -3.99. The van der Waals surface area contributed by atoms with E-state index >= 15 is 0 Å². The number of amides is 1. The largest absolute Gasteiger partial charge is 0.336 e. The van der Waals surface area contributed by atoms with Crippen LogP contribution in [0.1, 0.15) is 36.1 Å². The third-order valence-corrected chi connectivity index (χ3v) is 5.91. The van der Waals surface area contributed by atoms with E-state index in [0.29, 0.717) is 35.7 Å². The molecule has 0 bridgehead atoms. The molecule has 1 fully saturated rings. The molecule has 5 heterocycles. The summed E-state index contributed by atoms with van der Waals surface area (Å²) in [5.74, 6) is 0.860. The van der Waals surface area contributed by atoms with Crippen LogP contribution < -0.4 is 10.6 Å². The third kappa shape index (κ3) is 4.54. The summed E-state index contributed by atoms with van der Waals surface area (Å²) in [5.41, 5.74) is 2.57. The first kappa shape index (κ1) is 22.8. The Balaban J connectivity index is 1.39. The van der Waals surface area contributed by atoms with Crippen LogP contribution in [0.2, 0.25) is 0 Å². The molecule has 0 aliphatic carbocycles. The van der Waals surface area contributed by atoms with Crippen LogP contribution in [0.4, 0.5) is 16.2 Å². The average Bonchev–Trinajstić information content (AvgIpc) is 3.21. The van der Waals surface area contributed by atoms with E-state index in [4.69, 9.17) is 0 Å². The molecule has 1 aliphatic heterocycles. The fourth-order valence-electron chi connectivity index (χ4n) is 4.26. The van der Waals surface area contributed by atoms with Crippen LogP contribution in [0.15, 0.2) is 36.8 Å². The Kier molecular flexibility index (Phi) is 6.08. The van der Waals surface area contributed by atoms with Gasteiger partial charge in [-0.05, 0) is 39.0 Å². The topological polar surface area (TPSA) is 114 Å². The molecule has 1 amide bonds. The Morgan fingerprint density at radius 2 is 1.89 bits per heavy atom. The molecule has 0 unspecified atom stereocenters. The van der Waals surface area contributed by atoms with E-state index in [1.165, 1.54) is 6.20 Å². The van der Waals surface area contributed by atoms with Crippen molar-refractivity contribution in [2.24, 2.45) is 0 Å². The Morgan fingerprint density at radius 1 is 1.09 bits per heavy atom. The van der Waals surface area contributed by atoms with Gasteiger partial charge < -0.3 is 20.1 Å². The molecule has 2 N–H and O–H groups in total.